The molecule has 0 bridgehead atoms. The maximum Gasteiger partial charge on any atom is 0.145 e. The van der Waals surface area contributed by atoms with Crippen molar-refractivity contribution in [1.29, 1.82) is 5.26 Å². The molecular weight excluding hydrogens is 242 g/mol. The molecule has 1 aliphatic heterocycles. The number of nitriles is 1. The maximum atomic E-state index is 9.36. The highest BCUT2D eigenvalue weighted by Crippen LogP contribution is 2.59. The van der Waals surface area contributed by atoms with Gasteiger partial charge in [-0.1, -0.05) is 0 Å². The summed E-state index contributed by atoms with van der Waals surface area (Å²) in [5.74, 6) is 1.57. The molecule has 0 atom stereocenters. The van der Waals surface area contributed by atoms with Crippen LogP contribution < -0.4 is 9.47 Å². The van der Waals surface area contributed by atoms with Crippen LogP contribution in [-0.2, 0) is 5.41 Å². The average molecular weight is 257 g/mol. The van der Waals surface area contributed by atoms with Crippen molar-refractivity contribution < 1.29 is 14.6 Å². The second-order valence-electron chi connectivity index (χ2n) is 5.86. The molecule has 4 nitrogen and oxygen atoms in total. The van der Waals surface area contributed by atoms with Crippen molar-refractivity contribution in [1.82, 2.24) is 0 Å². The highest BCUT2D eigenvalue weighted by Gasteiger charge is 2.53. The molecule has 98 valence electrons. The molecule has 2 saturated carbocycles. The van der Waals surface area contributed by atoms with Gasteiger partial charge in [-0.05, 0) is 25.0 Å². The first-order chi connectivity index (χ1) is 9.22. The van der Waals surface area contributed by atoms with Crippen molar-refractivity contribution in [3.8, 4) is 17.6 Å². The molecule has 1 heterocycles. The van der Waals surface area contributed by atoms with Gasteiger partial charge in [0.15, 0.2) is 0 Å². The number of rotatable bonds is 2. The van der Waals surface area contributed by atoms with Crippen LogP contribution in [0.1, 0.15) is 36.8 Å². The van der Waals surface area contributed by atoms with Crippen molar-refractivity contribution in [3.63, 3.8) is 0 Å². The van der Waals surface area contributed by atoms with Gasteiger partial charge in [0.2, 0.25) is 0 Å². The van der Waals surface area contributed by atoms with Gasteiger partial charge in [-0.25, -0.2) is 0 Å². The van der Waals surface area contributed by atoms with Crippen LogP contribution in [0.15, 0.2) is 12.1 Å². The minimum Gasteiger partial charge on any atom is -0.492 e. The zero-order chi connectivity index (χ0) is 13.0. The molecule has 0 amide bonds. The van der Waals surface area contributed by atoms with Crippen LogP contribution in [-0.4, -0.2) is 23.9 Å². The number of aliphatic hydroxyl groups excluding tert-OH is 1. The first kappa shape index (κ1) is 11.1. The molecular formula is C15H15NO3. The second kappa shape index (κ2) is 3.64. The van der Waals surface area contributed by atoms with Crippen molar-refractivity contribution in [3.05, 3.63) is 23.3 Å². The Kier molecular flexibility index (Phi) is 2.13. The number of hydrogen-bond acceptors (Lipinski definition) is 4. The number of fused-ring (bicyclic) bond motifs is 2. The Balaban J connectivity index is 1.75. The summed E-state index contributed by atoms with van der Waals surface area (Å²) in [4.78, 5) is 0. The molecule has 2 fully saturated rings. The van der Waals surface area contributed by atoms with Crippen LogP contribution in [0.2, 0.25) is 0 Å². The standard InChI is InChI=1S/C15H15NO3/c16-7-9-1-2-12-13(15(3-4-15)8-18-12)14(9)19-11-5-10(17)6-11/h1-2,10-11,17H,3-6,8H2/t10-,11+. The van der Waals surface area contributed by atoms with E-state index in [0.717, 1.165) is 24.2 Å². The molecule has 0 radical (unpaired) electrons. The topological polar surface area (TPSA) is 62.5 Å². The van der Waals surface area contributed by atoms with Crippen LogP contribution >= 0.6 is 0 Å². The zero-order valence-electron chi connectivity index (χ0n) is 10.6. The average Bonchev–Trinajstić information content (AvgIpc) is 3.05. The fourth-order valence-electron chi connectivity index (χ4n) is 3.03. The predicted octanol–water partition coefficient (Wildman–Crippen LogP) is 1.88. The molecule has 4 rings (SSSR count). The summed E-state index contributed by atoms with van der Waals surface area (Å²) in [6, 6.07) is 5.86. The van der Waals surface area contributed by atoms with Gasteiger partial charge in [0.1, 0.15) is 23.7 Å². The lowest BCUT2D eigenvalue weighted by Crippen LogP contribution is -2.38. The van der Waals surface area contributed by atoms with E-state index in [1.807, 2.05) is 6.07 Å². The van der Waals surface area contributed by atoms with E-state index >= 15 is 0 Å². The summed E-state index contributed by atoms with van der Waals surface area (Å²) in [5, 5.41) is 18.6. The summed E-state index contributed by atoms with van der Waals surface area (Å²) < 4.78 is 11.7. The summed E-state index contributed by atoms with van der Waals surface area (Å²) in [5.41, 5.74) is 1.77. The van der Waals surface area contributed by atoms with E-state index in [4.69, 9.17) is 9.47 Å². The Morgan fingerprint density at radius 2 is 2.16 bits per heavy atom. The third kappa shape index (κ3) is 1.55. The van der Waals surface area contributed by atoms with E-state index in [1.165, 1.54) is 0 Å². The number of aliphatic hydroxyl groups is 1. The van der Waals surface area contributed by atoms with Crippen LogP contribution in [0.5, 0.6) is 11.5 Å². The van der Waals surface area contributed by atoms with Gasteiger partial charge in [-0.15, -0.1) is 0 Å². The molecule has 0 unspecified atom stereocenters. The Morgan fingerprint density at radius 1 is 1.37 bits per heavy atom. The Hall–Kier alpha value is -1.73. The van der Waals surface area contributed by atoms with Crippen molar-refractivity contribution >= 4 is 0 Å². The number of benzene rings is 1. The molecule has 1 aromatic rings. The molecule has 1 N–H and O–H groups in total. The van der Waals surface area contributed by atoms with E-state index in [0.29, 0.717) is 30.8 Å². The SMILES string of the molecule is N#Cc1ccc2c(c1O[C@H]1C[C@@H](O)C1)C1(CC1)CO2. The van der Waals surface area contributed by atoms with Gasteiger partial charge >= 0.3 is 0 Å². The maximum absolute atomic E-state index is 9.36. The molecule has 19 heavy (non-hydrogen) atoms. The van der Waals surface area contributed by atoms with Crippen LogP contribution in [0.4, 0.5) is 0 Å². The predicted molar refractivity (Wildman–Crippen MR) is 67.2 cm³/mol. The minimum atomic E-state index is -0.251. The highest BCUT2D eigenvalue weighted by atomic mass is 16.5. The smallest absolute Gasteiger partial charge is 0.145 e. The van der Waals surface area contributed by atoms with Crippen LogP contribution in [0.25, 0.3) is 0 Å². The number of nitrogens with zero attached hydrogens (tertiary/aromatic N) is 1. The summed E-state index contributed by atoms with van der Waals surface area (Å²) in [7, 11) is 0. The lowest BCUT2D eigenvalue weighted by Gasteiger charge is -2.32. The molecule has 1 aromatic carbocycles. The number of ether oxygens (including phenoxy) is 2. The third-order valence-corrected chi connectivity index (χ3v) is 4.48. The lowest BCUT2D eigenvalue weighted by atomic mass is 9.91. The third-order valence-electron chi connectivity index (χ3n) is 4.48. The van der Waals surface area contributed by atoms with Gasteiger partial charge in [0.05, 0.1) is 18.3 Å². The Bertz CT molecular complexity index is 580. The van der Waals surface area contributed by atoms with E-state index < -0.39 is 0 Å². The van der Waals surface area contributed by atoms with E-state index in [1.54, 1.807) is 6.07 Å². The first-order valence-electron chi connectivity index (χ1n) is 6.77. The van der Waals surface area contributed by atoms with Crippen molar-refractivity contribution in [2.45, 2.75) is 43.3 Å². The van der Waals surface area contributed by atoms with Crippen molar-refractivity contribution in [2.24, 2.45) is 0 Å². The Morgan fingerprint density at radius 3 is 2.79 bits per heavy atom. The molecule has 0 aromatic heterocycles. The van der Waals surface area contributed by atoms with Gasteiger partial charge in [0, 0.05) is 23.8 Å². The van der Waals surface area contributed by atoms with Crippen molar-refractivity contribution in [2.75, 3.05) is 6.61 Å². The largest absolute Gasteiger partial charge is 0.492 e. The van der Waals surface area contributed by atoms with Gasteiger partial charge < -0.3 is 14.6 Å². The lowest BCUT2D eigenvalue weighted by molar-refractivity contribution is -0.0114. The van der Waals surface area contributed by atoms with Crippen LogP contribution in [0, 0.1) is 11.3 Å². The summed E-state index contributed by atoms with van der Waals surface area (Å²) in [6.07, 6.45) is 3.31. The molecule has 3 aliphatic rings. The van der Waals surface area contributed by atoms with Gasteiger partial charge in [-0.3, -0.25) is 0 Å². The fourth-order valence-corrected chi connectivity index (χ4v) is 3.03. The van der Waals surface area contributed by atoms with Crippen LogP contribution in [0.3, 0.4) is 0 Å². The van der Waals surface area contributed by atoms with Gasteiger partial charge in [-0.2, -0.15) is 5.26 Å². The Labute approximate surface area is 111 Å². The minimum absolute atomic E-state index is 0.0324. The molecule has 0 saturated heterocycles. The summed E-state index contributed by atoms with van der Waals surface area (Å²) >= 11 is 0. The highest BCUT2D eigenvalue weighted by molar-refractivity contribution is 5.61. The monoisotopic (exact) mass is 257 g/mol. The van der Waals surface area contributed by atoms with Gasteiger partial charge in [0.25, 0.3) is 0 Å². The molecule has 4 heteroatoms. The van der Waals surface area contributed by atoms with E-state index in [2.05, 4.69) is 6.07 Å². The fraction of sp³-hybridized carbons (Fsp3) is 0.533. The molecule has 1 spiro atoms. The number of hydrogen-bond donors (Lipinski definition) is 1. The zero-order valence-corrected chi connectivity index (χ0v) is 10.6. The summed E-state index contributed by atoms with van der Waals surface area (Å²) in [6.45, 7) is 0.709. The van der Waals surface area contributed by atoms with E-state index in [9.17, 15) is 10.4 Å². The first-order valence-corrected chi connectivity index (χ1v) is 6.77. The molecule has 2 aliphatic carbocycles. The second-order valence-corrected chi connectivity index (χ2v) is 5.86. The quantitative estimate of drug-likeness (QED) is 0.878. The normalized spacial score (nSPS) is 29.1. The van der Waals surface area contributed by atoms with E-state index in [-0.39, 0.29) is 17.6 Å².